The zero-order chi connectivity index (χ0) is 27.0. The van der Waals surface area contributed by atoms with Gasteiger partial charge >= 0.3 is 11.9 Å². The summed E-state index contributed by atoms with van der Waals surface area (Å²) in [5.74, 6) is -0.576. The van der Waals surface area contributed by atoms with Crippen molar-refractivity contribution in [2.45, 2.75) is 19.9 Å². The number of rotatable bonds is 5. The lowest BCUT2D eigenvalue weighted by molar-refractivity contribution is -0.136. The first kappa shape index (κ1) is 25.2. The summed E-state index contributed by atoms with van der Waals surface area (Å²) >= 11 is 1.25. The predicted molar refractivity (Wildman–Crippen MR) is 144 cm³/mol. The van der Waals surface area contributed by atoms with E-state index >= 15 is 0 Å². The largest absolute Gasteiger partial charge is 0.493 e. The molecule has 0 saturated heterocycles. The quantitative estimate of drug-likeness (QED) is 0.291. The Kier molecular flexibility index (Phi) is 6.69. The van der Waals surface area contributed by atoms with Crippen molar-refractivity contribution in [2.24, 2.45) is 4.99 Å². The van der Waals surface area contributed by atoms with E-state index < -0.39 is 18.0 Å². The molecule has 0 spiro atoms. The van der Waals surface area contributed by atoms with E-state index in [2.05, 4.69) is 4.99 Å². The van der Waals surface area contributed by atoms with Gasteiger partial charge in [-0.2, -0.15) is 0 Å². The lowest BCUT2D eigenvalue weighted by Crippen LogP contribution is -2.39. The van der Waals surface area contributed by atoms with Crippen LogP contribution in [-0.4, -0.2) is 30.7 Å². The Hall–Kier alpha value is -4.50. The van der Waals surface area contributed by atoms with Gasteiger partial charge in [-0.15, -0.1) is 0 Å². The molecule has 5 rings (SSSR count). The average Bonchev–Trinajstić information content (AvgIpc) is 3.21. The van der Waals surface area contributed by atoms with E-state index in [-0.39, 0.29) is 22.6 Å². The molecule has 9 heteroatoms. The molecule has 1 aromatic heterocycles. The van der Waals surface area contributed by atoms with Crippen LogP contribution in [0, 0.1) is 0 Å². The lowest BCUT2D eigenvalue weighted by Gasteiger charge is -2.25. The first-order chi connectivity index (χ1) is 18.3. The third kappa shape index (κ3) is 4.41. The van der Waals surface area contributed by atoms with Crippen molar-refractivity contribution in [2.75, 3.05) is 14.2 Å². The molecule has 0 fully saturated rings. The van der Waals surface area contributed by atoms with Gasteiger partial charge in [-0.25, -0.2) is 9.79 Å². The lowest BCUT2D eigenvalue weighted by atomic mass is 9.95. The molecule has 1 aliphatic heterocycles. The van der Waals surface area contributed by atoms with Gasteiger partial charge in [0.1, 0.15) is 0 Å². The summed E-state index contributed by atoms with van der Waals surface area (Å²) in [6.07, 6.45) is 1.85. The number of esters is 2. The smallest absolute Gasteiger partial charge is 0.338 e. The van der Waals surface area contributed by atoms with Gasteiger partial charge in [0.15, 0.2) is 16.3 Å². The summed E-state index contributed by atoms with van der Waals surface area (Å²) in [4.78, 5) is 43.4. The Morgan fingerprint density at radius 1 is 1.03 bits per heavy atom. The van der Waals surface area contributed by atoms with Crippen LogP contribution >= 0.6 is 11.3 Å². The first-order valence-electron chi connectivity index (χ1n) is 11.8. The molecule has 0 N–H and O–H groups in total. The van der Waals surface area contributed by atoms with Crippen LogP contribution in [-0.2, 0) is 14.3 Å². The van der Waals surface area contributed by atoms with Crippen molar-refractivity contribution in [3.05, 3.63) is 103 Å². The zero-order valence-corrected chi connectivity index (χ0v) is 22.0. The second-order valence-electron chi connectivity index (χ2n) is 8.65. The molecule has 8 nitrogen and oxygen atoms in total. The van der Waals surface area contributed by atoms with Crippen LogP contribution in [0.25, 0.3) is 16.8 Å². The van der Waals surface area contributed by atoms with Gasteiger partial charge in [0.2, 0.25) is 0 Å². The molecule has 3 aromatic carbocycles. The third-order valence-corrected chi connectivity index (χ3v) is 7.28. The van der Waals surface area contributed by atoms with Crippen LogP contribution in [0.3, 0.4) is 0 Å². The van der Waals surface area contributed by atoms with E-state index in [0.29, 0.717) is 20.6 Å². The molecule has 1 aliphatic rings. The van der Waals surface area contributed by atoms with Gasteiger partial charge in [-0.1, -0.05) is 59.9 Å². The van der Waals surface area contributed by atoms with Gasteiger partial charge in [-0.3, -0.25) is 14.2 Å². The number of thiazole rings is 1. The highest BCUT2D eigenvalue weighted by Gasteiger charge is 2.33. The number of aromatic nitrogens is 1. The summed E-state index contributed by atoms with van der Waals surface area (Å²) in [7, 11) is 2.74. The molecule has 0 bridgehead atoms. The normalized spacial score (nSPS) is 15.2. The molecule has 1 unspecified atom stereocenters. The van der Waals surface area contributed by atoms with Crippen LogP contribution < -0.4 is 24.4 Å². The SMILES string of the molecule is COC(=O)C1=C(C)N=c2sc(=Cc3cccc4ccccc34)c(=O)n2C1c1ccc(OC(C)=O)c(OC)c1. The van der Waals surface area contributed by atoms with Crippen LogP contribution in [0.4, 0.5) is 0 Å². The topological polar surface area (TPSA) is 96.2 Å². The Bertz CT molecular complexity index is 1810. The molecule has 0 aliphatic carbocycles. The molecule has 4 aromatic rings. The number of nitrogens with zero attached hydrogens (tertiary/aromatic N) is 2. The summed E-state index contributed by atoms with van der Waals surface area (Å²) in [6.45, 7) is 3.01. The Morgan fingerprint density at radius 2 is 1.79 bits per heavy atom. The van der Waals surface area contributed by atoms with Crippen LogP contribution in [0.1, 0.15) is 31.0 Å². The van der Waals surface area contributed by atoms with Crippen LogP contribution in [0.5, 0.6) is 11.5 Å². The van der Waals surface area contributed by atoms with Crippen molar-refractivity contribution < 1.29 is 23.8 Å². The van der Waals surface area contributed by atoms with E-state index in [0.717, 1.165) is 16.3 Å². The van der Waals surface area contributed by atoms with Crippen LogP contribution in [0.15, 0.2) is 81.7 Å². The molecule has 38 heavy (non-hydrogen) atoms. The fraction of sp³-hybridized carbons (Fsp3) is 0.172. The number of carbonyl (C=O) groups is 2. The van der Waals surface area contributed by atoms with Gasteiger partial charge in [0.05, 0.1) is 36.1 Å². The monoisotopic (exact) mass is 528 g/mol. The van der Waals surface area contributed by atoms with Gasteiger partial charge in [-0.05, 0) is 47.0 Å². The van der Waals surface area contributed by atoms with E-state index in [1.165, 1.54) is 37.0 Å². The standard InChI is InChI=1S/C29H24N2O6S/c1-16-25(28(34)36-4)26(20-12-13-22(37-17(2)32)23(14-20)35-3)31-27(33)24(38-29(31)30-16)15-19-10-7-9-18-8-5-6-11-21(18)19/h5-15,26H,1-4H3. The van der Waals surface area contributed by atoms with Crippen molar-refractivity contribution in [3.63, 3.8) is 0 Å². The maximum Gasteiger partial charge on any atom is 0.338 e. The van der Waals surface area contributed by atoms with E-state index in [1.807, 2.05) is 48.5 Å². The summed E-state index contributed by atoms with van der Waals surface area (Å²) < 4.78 is 17.7. The predicted octanol–water partition coefficient (Wildman–Crippen LogP) is 3.50. The van der Waals surface area contributed by atoms with Crippen molar-refractivity contribution >= 4 is 40.1 Å². The molecular formula is C29H24N2O6S. The average molecular weight is 529 g/mol. The first-order valence-corrected chi connectivity index (χ1v) is 12.6. The number of carbonyl (C=O) groups excluding carboxylic acids is 2. The van der Waals surface area contributed by atoms with Crippen molar-refractivity contribution in [3.8, 4) is 11.5 Å². The molecule has 192 valence electrons. The Morgan fingerprint density at radius 3 is 2.53 bits per heavy atom. The fourth-order valence-corrected chi connectivity index (χ4v) is 5.66. The van der Waals surface area contributed by atoms with E-state index in [9.17, 15) is 14.4 Å². The maximum atomic E-state index is 13.9. The molecular weight excluding hydrogens is 504 g/mol. The highest BCUT2D eigenvalue weighted by Crippen LogP contribution is 2.36. The number of methoxy groups -OCH3 is 2. The molecule has 0 radical (unpaired) electrons. The summed E-state index contributed by atoms with van der Waals surface area (Å²) in [6, 6.07) is 18.0. The third-order valence-electron chi connectivity index (χ3n) is 6.29. The number of allylic oxidation sites excluding steroid dienone is 1. The highest BCUT2D eigenvalue weighted by atomic mass is 32.1. The van der Waals surface area contributed by atoms with Gasteiger partial charge in [0, 0.05) is 6.92 Å². The minimum atomic E-state index is -0.825. The number of ether oxygens (including phenoxy) is 3. The van der Waals surface area contributed by atoms with E-state index in [1.54, 1.807) is 25.1 Å². The Labute approximate surface area is 221 Å². The fourth-order valence-electron chi connectivity index (χ4n) is 4.62. The maximum absolute atomic E-state index is 13.9. The second kappa shape index (κ2) is 10.1. The Balaban J connectivity index is 1.74. The number of hydrogen-bond donors (Lipinski definition) is 0. The van der Waals surface area contributed by atoms with Crippen LogP contribution in [0.2, 0.25) is 0 Å². The molecule has 0 amide bonds. The number of benzene rings is 3. The van der Waals surface area contributed by atoms with Gasteiger partial charge < -0.3 is 14.2 Å². The van der Waals surface area contributed by atoms with Crippen molar-refractivity contribution in [1.82, 2.24) is 4.57 Å². The molecule has 0 saturated carbocycles. The number of hydrogen-bond acceptors (Lipinski definition) is 8. The van der Waals surface area contributed by atoms with Gasteiger partial charge in [0.25, 0.3) is 5.56 Å². The number of fused-ring (bicyclic) bond motifs is 2. The minimum Gasteiger partial charge on any atom is -0.493 e. The highest BCUT2D eigenvalue weighted by molar-refractivity contribution is 7.07. The van der Waals surface area contributed by atoms with E-state index in [4.69, 9.17) is 14.2 Å². The molecule has 1 atom stereocenters. The second-order valence-corrected chi connectivity index (χ2v) is 9.65. The molecule has 2 heterocycles. The zero-order valence-electron chi connectivity index (χ0n) is 21.2. The summed E-state index contributed by atoms with van der Waals surface area (Å²) in [5, 5.41) is 2.09. The van der Waals surface area contributed by atoms with Crippen molar-refractivity contribution in [1.29, 1.82) is 0 Å². The minimum absolute atomic E-state index is 0.229. The summed E-state index contributed by atoms with van der Waals surface area (Å²) in [5.41, 5.74) is 1.87.